The fraction of sp³-hybridized carbons (Fsp3) is 0.571. The van der Waals surface area contributed by atoms with Crippen molar-refractivity contribution < 1.29 is 9.53 Å². The number of aromatic nitrogens is 1. The van der Waals surface area contributed by atoms with Gasteiger partial charge in [-0.3, -0.25) is 9.78 Å². The van der Waals surface area contributed by atoms with Gasteiger partial charge in [-0.15, -0.1) is 0 Å². The van der Waals surface area contributed by atoms with Gasteiger partial charge < -0.3 is 10.1 Å². The number of pyridine rings is 1. The first-order chi connectivity index (χ1) is 8.50. The number of rotatable bonds is 6. The molecule has 0 aliphatic heterocycles. The molecule has 0 aliphatic carbocycles. The quantitative estimate of drug-likeness (QED) is 0.843. The van der Waals surface area contributed by atoms with E-state index in [2.05, 4.69) is 24.1 Å². The van der Waals surface area contributed by atoms with E-state index >= 15 is 0 Å². The van der Waals surface area contributed by atoms with Gasteiger partial charge in [0.05, 0.1) is 6.04 Å². The molecule has 100 valence electrons. The van der Waals surface area contributed by atoms with Gasteiger partial charge in [-0.2, -0.15) is 0 Å². The molecule has 1 rings (SSSR count). The second-order valence-corrected chi connectivity index (χ2v) is 4.88. The largest absolute Gasteiger partial charge is 0.368 e. The lowest BCUT2D eigenvalue weighted by atomic mass is 10.1. The van der Waals surface area contributed by atoms with Crippen molar-refractivity contribution in [3.63, 3.8) is 0 Å². The zero-order valence-corrected chi connectivity index (χ0v) is 11.5. The van der Waals surface area contributed by atoms with Crippen molar-refractivity contribution >= 4 is 5.91 Å². The third-order valence-corrected chi connectivity index (χ3v) is 2.61. The maximum absolute atomic E-state index is 11.9. The summed E-state index contributed by atoms with van der Waals surface area (Å²) in [6, 6.07) is 3.75. The van der Waals surface area contributed by atoms with Crippen molar-refractivity contribution in [1.29, 1.82) is 0 Å². The Hall–Kier alpha value is -1.42. The van der Waals surface area contributed by atoms with Crippen LogP contribution >= 0.6 is 0 Å². The molecule has 1 N–H and O–H groups in total. The van der Waals surface area contributed by atoms with Gasteiger partial charge in [0, 0.05) is 19.0 Å². The lowest BCUT2D eigenvalue weighted by Crippen LogP contribution is -2.36. The van der Waals surface area contributed by atoms with Crippen molar-refractivity contribution in [2.24, 2.45) is 5.92 Å². The molecule has 1 aromatic heterocycles. The molecule has 0 unspecified atom stereocenters. The van der Waals surface area contributed by atoms with Crippen LogP contribution in [0.5, 0.6) is 0 Å². The van der Waals surface area contributed by atoms with Crippen LogP contribution in [0.3, 0.4) is 0 Å². The van der Waals surface area contributed by atoms with E-state index in [4.69, 9.17) is 4.74 Å². The molecule has 0 saturated carbocycles. The molecule has 1 amide bonds. The van der Waals surface area contributed by atoms with Crippen molar-refractivity contribution in [3.8, 4) is 0 Å². The summed E-state index contributed by atoms with van der Waals surface area (Å²) in [5.41, 5.74) is 1.04. The van der Waals surface area contributed by atoms with E-state index in [0.29, 0.717) is 12.5 Å². The molecule has 1 heterocycles. The Kier molecular flexibility index (Phi) is 5.78. The van der Waals surface area contributed by atoms with E-state index in [-0.39, 0.29) is 11.9 Å². The number of nitrogens with zero attached hydrogens (tertiary/aromatic N) is 1. The molecule has 0 saturated heterocycles. The minimum absolute atomic E-state index is 0.0365. The number of nitrogens with one attached hydrogen (secondary N) is 1. The fourth-order valence-electron chi connectivity index (χ4n) is 1.48. The minimum Gasteiger partial charge on any atom is -0.368 e. The van der Waals surface area contributed by atoms with Crippen molar-refractivity contribution in [2.75, 3.05) is 6.61 Å². The summed E-state index contributed by atoms with van der Waals surface area (Å²) in [6.45, 7) is 8.44. The van der Waals surface area contributed by atoms with Crippen LogP contribution in [0.25, 0.3) is 0 Å². The second kappa shape index (κ2) is 7.11. The first-order valence-corrected chi connectivity index (χ1v) is 6.32. The van der Waals surface area contributed by atoms with Gasteiger partial charge in [0.25, 0.3) is 0 Å². The first-order valence-electron chi connectivity index (χ1n) is 6.32. The molecule has 0 radical (unpaired) electrons. The minimum atomic E-state index is -0.420. The number of hydrogen-bond donors (Lipinski definition) is 1. The monoisotopic (exact) mass is 250 g/mol. The lowest BCUT2D eigenvalue weighted by molar-refractivity contribution is -0.133. The molecule has 18 heavy (non-hydrogen) atoms. The standard InChI is InChI=1S/C14H22N2O2/c1-10(2)9-18-12(4)14(17)16-11(3)13-5-7-15-8-6-13/h5-8,10-12H,9H2,1-4H3,(H,16,17)/t11-,12+/m1/s1. The molecule has 0 bridgehead atoms. The molecule has 0 aromatic carbocycles. The van der Waals surface area contributed by atoms with E-state index in [1.54, 1.807) is 19.3 Å². The predicted octanol–water partition coefficient (Wildman–Crippen LogP) is 2.32. The molecule has 4 nitrogen and oxygen atoms in total. The third-order valence-electron chi connectivity index (χ3n) is 2.61. The summed E-state index contributed by atoms with van der Waals surface area (Å²) in [5, 5.41) is 2.93. The van der Waals surface area contributed by atoms with Crippen molar-refractivity contribution in [2.45, 2.75) is 39.8 Å². The van der Waals surface area contributed by atoms with Crippen LogP contribution in [0.4, 0.5) is 0 Å². The fourth-order valence-corrected chi connectivity index (χ4v) is 1.48. The number of carbonyl (C=O) groups is 1. The van der Waals surface area contributed by atoms with E-state index in [1.165, 1.54) is 0 Å². The van der Waals surface area contributed by atoms with Gasteiger partial charge in [0.2, 0.25) is 5.91 Å². The van der Waals surface area contributed by atoms with Crippen molar-refractivity contribution in [3.05, 3.63) is 30.1 Å². The van der Waals surface area contributed by atoms with E-state index in [0.717, 1.165) is 5.56 Å². The maximum atomic E-state index is 11.9. The Labute approximate surface area is 109 Å². The average Bonchev–Trinajstić information content (AvgIpc) is 2.36. The second-order valence-electron chi connectivity index (χ2n) is 4.88. The molecular formula is C14H22N2O2. The zero-order chi connectivity index (χ0) is 13.5. The highest BCUT2D eigenvalue weighted by molar-refractivity contribution is 5.80. The predicted molar refractivity (Wildman–Crippen MR) is 71.0 cm³/mol. The van der Waals surface area contributed by atoms with Crippen LogP contribution < -0.4 is 5.32 Å². The molecule has 2 atom stereocenters. The summed E-state index contributed by atoms with van der Waals surface area (Å²) in [4.78, 5) is 15.8. The van der Waals surface area contributed by atoms with Crippen molar-refractivity contribution in [1.82, 2.24) is 10.3 Å². The highest BCUT2D eigenvalue weighted by Crippen LogP contribution is 2.10. The Morgan fingerprint density at radius 1 is 1.28 bits per heavy atom. The summed E-state index contributed by atoms with van der Waals surface area (Å²) >= 11 is 0. The van der Waals surface area contributed by atoms with Crippen LogP contribution in [0.15, 0.2) is 24.5 Å². The Morgan fingerprint density at radius 3 is 2.44 bits per heavy atom. The van der Waals surface area contributed by atoms with Gasteiger partial charge in [0.1, 0.15) is 6.10 Å². The molecule has 0 aliphatic rings. The van der Waals surface area contributed by atoms with Crippen LogP contribution in [-0.4, -0.2) is 23.6 Å². The summed E-state index contributed by atoms with van der Waals surface area (Å²) in [7, 11) is 0. The number of hydrogen-bond acceptors (Lipinski definition) is 3. The van der Waals surface area contributed by atoms with Gasteiger partial charge in [-0.05, 0) is 37.5 Å². The Balaban J connectivity index is 2.44. The number of ether oxygens (including phenoxy) is 1. The molecule has 4 heteroatoms. The van der Waals surface area contributed by atoms with Gasteiger partial charge in [-0.25, -0.2) is 0 Å². The van der Waals surface area contributed by atoms with Crippen LogP contribution in [0, 0.1) is 5.92 Å². The summed E-state index contributed by atoms with van der Waals surface area (Å²) in [5.74, 6) is 0.345. The average molecular weight is 250 g/mol. The molecular weight excluding hydrogens is 228 g/mol. The highest BCUT2D eigenvalue weighted by Gasteiger charge is 2.16. The maximum Gasteiger partial charge on any atom is 0.249 e. The Morgan fingerprint density at radius 2 is 1.89 bits per heavy atom. The van der Waals surface area contributed by atoms with Gasteiger partial charge >= 0.3 is 0 Å². The third kappa shape index (κ3) is 4.84. The topological polar surface area (TPSA) is 51.2 Å². The van der Waals surface area contributed by atoms with E-state index < -0.39 is 6.10 Å². The van der Waals surface area contributed by atoms with E-state index in [9.17, 15) is 4.79 Å². The summed E-state index contributed by atoms with van der Waals surface area (Å²) in [6.07, 6.45) is 3.02. The molecule has 0 spiro atoms. The van der Waals surface area contributed by atoms with Crippen LogP contribution in [0.2, 0.25) is 0 Å². The Bertz CT molecular complexity index is 365. The SMILES string of the molecule is CC(C)CO[C@@H](C)C(=O)N[C@H](C)c1ccncc1. The normalized spacial score (nSPS) is 14.3. The summed E-state index contributed by atoms with van der Waals surface area (Å²) < 4.78 is 5.48. The zero-order valence-electron chi connectivity index (χ0n) is 11.5. The molecule has 1 aromatic rings. The lowest BCUT2D eigenvalue weighted by Gasteiger charge is -2.19. The molecule has 0 fully saturated rings. The van der Waals surface area contributed by atoms with E-state index in [1.807, 2.05) is 19.1 Å². The number of carbonyl (C=O) groups excluding carboxylic acids is 1. The van der Waals surface area contributed by atoms with Crippen LogP contribution in [-0.2, 0) is 9.53 Å². The van der Waals surface area contributed by atoms with Crippen LogP contribution in [0.1, 0.15) is 39.3 Å². The first kappa shape index (κ1) is 14.6. The van der Waals surface area contributed by atoms with Gasteiger partial charge in [-0.1, -0.05) is 13.8 Å². The highest BCUT2D eigenvalue weighted by atomic mass is 16.5. The smallest absolute Gasteiger partial charge is 0.249 e. The number of amides is 1. The van der Waals surface area contributed by atoms with Gasteiger partial charge in [0.15, 0.2) is 0 Å².